The Labute approximate surface area is 351 Å². The number of nitrogens with two attached hydrogens (primary N) is 3. The van der Waals surface area contributed by atoms with Crippen molar-refractivity contribution in [2.24, 2.45) is 22.2 Å². The third kappa shape index (κ3) is 15.3. The fourth-order valence-electron chi connectivity index (χ4n) is 5.73. The molecule has 0 saturated heterocycles. The zero-order valence-corrected chi connectivity index (χ0v) is 33.7. The molecular formula is C37H47N11O10S2. The Morgan fingerprint density at radius 2 is 1.32 bits per heavy atom. The van der Waals surface area contributed by atoms with E-state index in [-0.39, 0.29) is 54.8 Å². The lowest BCUT2D eigenvalue weighted by molar-refractivity contribution is -0.141. The van der Waals surface area contributed by atoms with Crippen molar-refractivity contribution in [2.75, 3.05) is 24.2 Å². The van der Waals surface area contributed by atoms with E-state index in [0.717, 1.165) is 0 Å². The van der Waals surface area contributed by atoms with E-state index in [0.29, 0.717) is 28.4 Å². The fraction of sp³-hybridized carbons (Fsp3) is 0.378. The third-order valence-electron chi connectivity index (χ3n) is 8.78. The molecule has 15 N–H and O–H groups in total. The van der Waals surface area contributed by atoms with Crippen LogP contribution in [0, 0.1) is 0 Å². The normalized spacial score (nSPS) is 21.1. The molecule has 1 aromatic heterocycles. The Morgan fingerprint density at radius 3 is 1.87 bits per heavy atom. The van der Waals surface area contributed by atoms with Gasteiger partial charge in [0.25, 0.3) is 0 Å². The van der Waals surface area contributed by atoms with Crippen molar-refractivity contribution in [3.05, 3.63) is 70.7 Å². The minimum Gasteiger partial charge on any atom is -0.508 e. The molecule has 2 bridgehead atoms. The summed E-state index contributed by atoms with van der Waals surface area (Å²) in [6.45, 7) is -0.471. The van der Waals surface area contributed by atoms with Gasteiger partial charge in [0.1, 0.15) is 41.7 Å². The van der Waals surface area contributed by atoms with Crippen LogP contribution in [0.15, 0.2) is 58.9 Å². The molecule has 2 heterocycles. The molecule has 0 spiro atoms. The number of guanidine groups is 1. The number of benzene rings is 2. The largest absolute Gasteiger partial charge is 0.508 e. The van der Waals surface area contributed by atoms with E-state index >= 15 is 0 Å². The standard InChI is InChI=1S/C37H47N11O10S2/c38-31(54)28-18-59-16-21-17-60-37(43-21)48-24(2-1-11-41-36(39)40)32(55)42-15-29(51)44-27(14-30(52)53)35(58)46-25(12-19-3-7-22(49)8-4-19)33(56)45-26(34(57)47-28)13-20-5-9-23(50)10-6-20/h3-10,17,24-28,49-50H,1-2,11-16,18H2,(H2,38,54)(H,42,55)(H,43,48)(H,44,51)(H,45,56)(H,46,58)(H,47,57)(H,52,53)(H4,39,40,41)/t24?,25-,26-,27-,28-/m0/s1. The van der Waals surface area contributed by atoms with Gasteiger partial charge in [0, 0.05) is 36.3 Å². The van der Waals surface area contributed by atoms with E-state index in [4.69, 9.17) is 17.2 Å². The topological polar surface area (TPSA) is 356 Å². The van der Waals surface area contributed by atoms with Crippen LogP contribution in [0.3, 0.4) is 0 Å². The molecule has 1 unspecified atom stereocenters. The number of amides is 6. The molecule has 4 rings (SSSR count). The van der Waals surface area contributed by atoms with Gasteiger partial charge in [0.2, 0.25) is 35.4 Å². The highest BCUT2D eigenvalue weighted by Crippen LogP contribution is 2.22. The number of phenolic OH excluding ortho intramolecular Hbond substituents is 2. The van der Waals surface area contributed by atoms with Crippen molar-refractivity contribution in [1.29, 1.82) is 0 Å². The summed E-state index contributed by atoms with van der Waals surface area (Å²) in [7, 11) is 0. The number of hydrogen-bond acceptors (Lipinski definition) is 14. The average Bonchev–Trinajstić information content (AvgIpc) is 3.64. The number of rotatable bonds is 11. The molecule has 3 aromatic rings. The predicted molar refractivity (Wildman–Crippen MR) is 221 cm³/mol. The van der Waals surface area contributed by atoms with Crippen LogP contribution in [0.25, 0.3) is 0 Å². The van der Waals surface area contributed by atoms with Gasteiger partial charge in [-0.25, -0.2) is 4.98 Å². The van der Waals surface area contributed by atoms with Crippen molar-refractivity contribution in [3.63, 3.8) is 0 Å². The molecule has 322 valence electrons. The van der Waals surface area contributed by atoms with Crippen LogP contribution < -0.4 is 49.1 Å². The molecule has 2 aromatic carbocycles. The number of nitrogens with one attached hydrogen (secondary N) is 6. The Kier molecular flexibility index (Phi) is 17.3. The summed E-state index contributed by atoms with van der Waals surface area (Å²) >= 11 is 2.41. The van der Waals surface area contributed by atoms with Crippen LogP contribution in [0.5, 0.6) is 11.5 Å². The molecule has 0 aliphatic carbocycles. The Balaban J connectivity index is 1.69. The summed E-state index contributed by atoms with van der Waals surface area (Å²) in [4.78, 5) is 101. The number of thiazole rings is 1. The van der Waals surface area contributed by atoms with Crippen molar-refractivity contribution >= 4 is 75.6 Å². The summed E-state index contributed by atoms with van der Waals surface area (Å²) < 4.78 is 0. The SMILES string of the molecule is NC(=O)[C@@H]1CSCc2csc(n2)NC(CCCN=C(N)N)C(=O)NCC(=O)N[C@@H](CC(=O)O)C(=O)N[C@@H](Cc2ccc(O)cc2)C(=O)N[C@@H](Cc2ccc(O)cc2)C(=O)N1. The molecule has 0 radical (unpaired) electrons. The predicted octanol–water partition coefficient (Wildman–Crippen LogP) is -1.86. The monoisotopic (exact) mass is 869 g/mol. The number of aliphatic imine (C=N–C) groups is 1. The molecule has 0 fully saturated rings. The van der Waals surface area contributed by atoms with Gasteiger partial charge < -0.3 is 64.4 Å². The molecule has 60 heavy (non-hydrogen) atoms. The highest BCUT2D eigenvalue weighted by Gasteiger charge is 2.33. The maximum atomic E-state index is 14.1. The van der Waals surface area contributed by atoms with Crippen LogP contribution in [-0.4, -0.2) is 117 Å². The maximum absolute atomic E-state index is 14.1. The summed E-state index contributed by atoms with van der Waals surface area (Å²) in [6, 6.07) is 4.64. The second-order valence-corrected chi connectivity index (χ2v) is 15.5. The van der Waals surface area contributed by atoms with E-state index in [1.807, 2.05) is 0 Å². The van der Waals surface area contributed by atoms with Crippen molar-refractivity contribution in [3.8, 4) is 11.5 Å². The molecule has 6 amide bonds. The fourth-order valence-corrected chi connectivity index (χ4v) is 7.56. The van der Waals surface area contributed by atoms with Gasteiger partial charge in [-0.1, -0.05) is 24.3 Å². The minimum atomic E-state index is -1.74. The Bertz CT molecular complexity index is 2030. The molecule has 1 aliphatic heterocycles. The number of primary amides is 1. The third-order valence-corrected chi connectivity index (χ3v) is 10.7. The highest BCUT2D eigenvalue weighted by molar-refractivity contribution is 7.98. The number of carbonyl (C=O) groups excluding carboxylic acids is 6. The second-order valence-electron chi connectivity index (χ2n) is 13.6. The van der Waals surface area contributed by atoms with Crippen molar-refractivity contribution in [1.82, 2.24) is 31.6 Å². The van der Waals surface area contributed by atoms with Gasteiger partial charge in [-0.2, -0.15) is 11.8 Å². The van der Waals surface area contributed by atoms with E-state index in [9.17, 15) is 48.9 Å². The number of hydrogen-bond donors (Lipinski definition) is 12. The number of nitrogens with zero attached hydrogens (tertiary/aromatic N) is 2. The number of aliphatic carboxylic acids is 1. The van der Waals surface area contributed by atoms with Gasteiger partial charge in [-0.3, -0.25) is 38.6 Å². The Morgan fingerprint density at radius 1 is 0.750 bits per heavy atom. The van der Waals surface area contributed by atoms with Crippen molar-refractivity contribution in [2.45, 2.75) is 68.1 Å². The molecule has 21 nitrogen and oxygen atoms in total. The number of carboxylic acid groups (broad SMARTS) is 1. The number of thioether (sulfide) groups is 1. The lowest BCUT2D eigenvalue weighted by atomic mass is 10.0. The number of phenols is 2. The van der Waals surface area contributed by atoms with E-state index < -0.39 is 84.6 Å². The van der Waals surface area contributed by atoms with Crippen LogP contribution in [-0.2, 0) is 52.2 Å². The van der Waals surface area contributed by atoms with E-state index in [2.05, 4.69) is 41.9 Å². The molecule has 23 heteroatoms. The first-order valence-electron chi connectivity index (χ1n) is 18.5. The summed E-state index contributed by atoms with van der Waals surface area (Å²) in [5, 5.41) is 46.9. The first-order valence-corrected chi connectivity index (χ1v) is 20.5. The smallest absolute Gasteiger partial charge is 0.305 e. The quantitative estimate of drug-likeness (QED) is 0.0571. The zero-order chi connectivity index (χ0) is 43.8. The number of anilines is 1. The second kappa shape index (κ2) is 22.5. The number of carbonyl (C=O) groups is 7. The molecule has 5 atom stereocenters. The van der Waals surface area contributed by atoms with Gasteiger partial charge in [-0.15, -0.1) is 11.3 Å². The van der Waals surface area contributed by atoms with Crippen LogP contribution in [0.4, 0.5) is 5.13 Å². The molecule has 0 saturated carbocycles. The number of fused-ring (bicyclic) bond motifs is 2. The van der Waals surface area contributed by atoms with Gasteiger partial charge in [-0.05, 0) is 48.2 Å². The van der Waals surface area contributed by atoms with Crippen LogP contribution in [0.2, 0.25) is 0 Å². The minimum absolute atomic E-state index is 0.00257. The first kappa shape index (κ1) is 46.1. The van der Waals surface area contributed by atoms with E-state index in [1.165, 1.54) is 71.6 Å². The molecular weight excluding hydrogens is 823 g/mol. The lowest BCUT2D eigenvalue weighted by Gasteiger charge is -2.26. The van der Waals surface area contributed by atoms with Crippen LogP contribution >= 0.6 is 23.1 Å². The van der Waals surface area contributed by atoms with Gasteiger partial charge in [0.05, 0.1) is 18.7 Å². The van der Waals surface area contributed by atoms with Gasteiger partial charge >= 0.3 is 5.97 Å². The highest BCUT2D eigenvalue weighted by atomic mass is 32.2. The Hall–Kier alpha value is -6.62. The lowest BCUT2D eigenvalue weighted by Crippen LogP contribution is -2.59. The maximum Gasteiger partial charge on any atom is 0.305 e. The summed E-state index contributed by atoms with van der Waals surface area (Å²) in [5.41, 5.74) is 18.0. The van der Waals surface area contributed by atoms with Crippen molar-refractivity contribution < 1.29 is 48.9 Å². The average molecular weight is 870 g/mol. The number of aromatic hydroxyl groups is 2. The van der Waals surface area contributed by atoms with Crippen LogP contribution in [0.1, 0.15) is 36.1 Å². The first-order chi connectivity index (χ1) is 28.6. The molecule has 1 aliphatic rings. The number of aromatic nitrogens is 1. The summed E-state index contributed by atoms with van der Waals surface area (Å²) in [6.07, 6.45) is -0.761. The van der Waals surface area contributed by atoms with E-state index in [1.54, 1.807) is 5.38 Å². The zero-order valence-electron chi connectivity index (χ0n) is 32.1. The van der Waals surface area contributed by atoms with Gasteiger partial charge in [0.15, 0.2) is 11.1 Å². The summed E-state index contributed by atoms with van der Waals surface area (Å²) in [5.74, 6) is -6.71. The number of carboxylic acids is 1.